The Morgan fingerprint density at radius 3 is 2.24 bits per heavy atom. The number of hydrogen-bond acceptors (Lipinski definition) is 3. The van der Waals surface area contributed by atoms with Crippen LogP contribution in [0.2, 0.25) is 0 Å². The zero-order chi connectivity index (χ0) is 18.6. The van der Waals surface area contributed by atoms with E-state index in [0.29, 0.717) is 16.4 Å². The number of aryl methyl sites for hydroxylation is 1. The van der Waals surface area contributed by atoms with Crippen molar-refractivity contribution in [3.05, 3.63) is 59.7 Å². The lowest BCUT2D eigenvalue weighted by molar-refractivity contribution is -0.114. The Balaban J connectivity index is 2.31. The number of nitrogens with one attached hydrogen (secondary N) is 1. The smallest absolute Gasteiger partial charge is 0.245 e. The molecule has 0 unspecified atom stereocenters. The Labute approximate surface area is 145 Å². The number of carbonyl (C=O) groups excluding carboxylic acids is 1. The molecule has 0 saturated heterocycles. The topological polar surface area (TPSA) is 66.5 Å². The average molecular weight is 368 g/mol. The summed E-state index contributed by atoms with van der Waals surface area (Å²) >= 11 is 0. The number of hydrogen-bond donors (Lipinski definition) is 1. The van der Waals surface area contributed by atoms with Crippen LogP contribution in [-0.4, -0.2) is 27.1 Å². The summed E-state index contributed by atoms with van der Waals surface area (Å²) in [4.78, 5) is 12.3. The van der Waals surface area contributed by atoms with Gasteiger partial charge in [0.15, 0.2) is 11.6 Å². The second-order valence-corrected chi connectivity index (χ2v) is 7.31. The van der Waals surface area contributed by atoms with Crippen LogP contribution in [0, 0.1) is 11.6 Å². The van der Waals surface area contributed by atoms with Crippen molar-refractivity contribution in [3.8, 4) is 0 Å². The van der Waals surface area contributed by atoms with Crippen LogP contribution in [0.15, 0.2) is 42.5 Å². The van der Waals surface area contributed by atoms with E-state index < -0.39 is 39.8 Å². The first-order valence-electron chi connectivity index (χ1n) is 7.53. The van der Waals surface area contributed by atoms with Gasteiger partial charge in [-0.3, -0.25) is 9.10 Å². The van der Waals surface area contributed by atoms with E-state index in [1.165, 1.54) is 0 Å². The van der Waals surface area contributed by atoms with Gasteiger partial charge in [-0.2, -0.15) is 0 Å². The van der Waals surface area contributed by atoms with E-state index >= 15 is 0 Å². The molecule has 0 atom stereocenters. The third-order valence-electron chi connectivity index (χ3n) is 3.55. The van der Waals surface area contributed by atoms with Crippen molar-refractivity contribution in [3.63, 3.8) is 0 Å². The molecule has 8 heteroatoms. The molecule has 2 aromatic carbocycles. The number of rotatable bonds is 6. The zero-order valence-electron chi connectivity index (χ0n) is 13.8. The fourth-order valence-corrected chi connectivity index (χ4v) is 3.22. The summed E-state index contributed by atoms with van der Waals surface area (Å²) in [6, 6.07) is 10.0. The van der Waals surface area contributed by atoms with Crippen LogP contribution in [0.3, 0.4) is 0 Å². The van der Waals surface area contributed by atoms with Gasteiger partial charge in [-0.15, -0.1) is 0 Å². The molecule has 0 spiro atoms. The molecule has 0 bridgehead atoms. The fourth-order valence-electron chi connectivity index (χ4n) is 2.36. The maximum absolute atomic E-state index is 13.9. The van der Waals surface area contributed by atoms with Gasteiger partial charge in [-0.05, 0) is 30.2 Å². The van der Waals surface area contributed by atoms with Gasteiger partial charge in [-0.25, -0.2) is 17.2 Å². The van der Waals surface area contributed by atoms with E-state index in [1.807, 2.05) is 19.1 Å². The second kappa shape index (κ2) is 7.60. The molecular formula is C17H18F2N2O3S. The molecule has 2 aromatic rings. The lowest BCUT2D eigenvalue weighted by Crippen LogP contribution is -2.38. The van der Waals surface area contributed by atoms with Crippen molar-refractivity contribution in [2.45, 2.75) is 13.3 Å². The van der Waals surface area contributed by atoms with Gasteiger partial charge in [0.25, 0.3) is 0 Å². The molecule has 0 saturated carbocycles. The standard InChI is InChI=1S/C17H18F2N2O3S/c1-3-12-7-4-5-10-15(12)20-16(22)11-21(25(2,23)24)17-13(18)8-6-9-14(17)19/h4-10H,3,11H2,1-2H3,(H,20,22). The summed E-state index contributed by atoms with van der Waals surface area (Å²) in [7, 11) is -4.07. The molecular weight excluding hydrogens is 350 g/mol. The molecule has 2 rings (SSSR count). The summed E-state index contributed by atoms with van der Waals surface area (Å²) in [5.41, 5.74) is 0.611. The quantitative estimate of drug-likeness (QED) is 0.853. The molecule has 0 aromatic heterocycles. The number of amides is 1. The summed E-state index contributed by atoms with van der Waals surface area (Å²) in [6.45, 7) is 1.16. The zero-order valence-corrected chi connectivity index (χ0v) is 14.6. The van der Waals surface area contributed by atoms with E-state index in [0.717, 1.165) is 30.0 Å². The normalized spacial score (nSPS) is 11.2. The van der Waals surface area contributed by atoms with E-state index in [9.17, 15) is 22.0 Å². The number of para-hydroxylation sites is 2. The monoisotopic (exact) mass is 368 g/mol. The molecule has 0 aliphatic heterocycles. The molecule has 1 N–H and O–H groups in total. The van der Waals surface area contributed by atoms with Crippen LogP contribution in [0.4, 0.5) is 20.2 Å². The Kier molecular flexibility index (Phi) is 5.73. The SMILES string of the molecule is CCc1ccccc1NC(=O)CN(c1c(F)cccc1F)S(C)(=O)=O. The van der Waals surface area contributed by atoms with Gasteiger partial charge >= 0.3 is 0 Å². The van der Waals surface area contributed by atoms with Crippen molar-refractivity contribution in [1.82, 2.24) is 0 Å². The number of nitrogens with zero attached hydrogens (tertiary/aromatic N) is 1. The third-order valence-corrected chi connectivity index (χ3v) is 4.66. The summed E-state index contributed by atoms with van der Waals surface area (Å²) in [5.74, 6) is -2.83. The third kappa shape index (κ3) is 4.54. The molecule has 0 aliphatic carbocycles. The Bertz CT molecular complexity index is 865. The maximum Gasteiger partial charge on any atom is 0.245 e. The number of halogens is 2. The number of benzene rings is 2. The van der Waals surface area contributed by atoms with Gasteiger partial charge in [-0.1, -0.05) is 31.2 Å². The van der Waals surface area contributed by atoms with Crippen molar-refractivity contribution < 1.29 is 22.0 Å². The highest BCUT2D eigenvalue weighted by Gasteiger charge is 2.26. The van der Waals surface area contributed by atoms with Crippen molar-refractivity contribution in [2.75, 3.05) is 22.4 Å². The van der Waals surface area contributed by atoms with Gasteiger partial charge < -0.3 is 5.32 Å². The van der Waals surface area contributed by atoms with Gasteiger partial charge in [0.2, 0.25) is 15.9 Å². The summed E-state index contributed by atoms with van der Waals surface area (Å²) in [5, 5.41) is 2.58. The van der Waals surface area contributed by atoms with E-state index in [-0.39, 0.29) is 0 Å². The van der Waals surface area contributed by atoms with Gasteiger partial charge in [0.05, 0.1) is 6.26 Å². The van der Waals surface area contributed by atoms with Crippen molar-refractivity contribution in [2.24, 2.45) is 0 Å². The van der Waals surface area contributed by atoms with Crippen LogP contribution in [-0.2, 0) is 21.2 Å². The van der Waals surface area contributed by atoms with E-state index in [4.69, 9.17) is 0 Å². The highest BCUT2D eigenvalue weighted by atomic mass is 32.2. The molecule has 5 nitrogen and oxygen atoms in total. The number of anilines is 2. The summed E-state index contributed by atoms with van der Waals surface area (Å²) in [6.07, 6.45) is 1.44. The Morgan fingerprint density at radius 1 is 1.08 bits per heavy atom. The molecule has 0 aliphatic rings. The number of sulfonamides is 1. The first kappa shape index (κ1) is 18.9. The van der Waals surface area contributed by atoms with Crippen LogP contribution >= 0.6 is 0 Å². The average Bonchev–Trinajstić information content (AvgIpc) is 2.53. The lowest BCUT2D eigenvalue weighted by Gasteiger charge is -2.23. The molecule has 25 heavy (non-hydrogen) atoms. The van der Waals surface area contributed by atoms with Crippen LogP contribution in [0.1, 0.15) is 12.5 Å². The van der Waals surface area contributed by atoms with Crippen LogP contribution < -0.4 is 9.62 Å². The first-order chi connectivity index (χ1) is 11.7. The van der Waals surface area contributed by atoms with Gasteiger partial charge in [0.1, 0.15) is 12.2 Å². The molecule has 0 fully saturated rings. The van der Waals surface area contributed by atoms with E-state index in [1.54, 1.807) is 12.1 Å². The molecule has 134 valence electrons. The van der Waals surface area contributed by atoms with E-state index in [2.05, 4.69) is 5.32 Å². The minimum absolute atomic E-state index is 0.418. The predicted octanol–water partition coefficient (Wildman–Crippen LogP) is 2.93. The van der Waals surface area contributed by atoms with Crippen molar-refractivity contribution in [1.29, 1.82) is 0 Å². The van der Waals surface area contributed by atoms with Crippen LogP contribution in [0.25, 0.3) is 0 Å². The fraction of sp³-hybridized carbons (Fsp3) is 0.235. The van der Waals surface area contributed by atoms with Crippen LogP contribution in [0.5, 0.6) is 0 Å². The maximum atomic E-state index is 13.9. The highest BCUT2D eigenvalue weighted by molar-refractivity contribution is 7.92. The lowest BCUT2D eigenvalue weighted by atomic mass is 10.1. The summed E-state index contributed by atoms with van der Waals surface area (Å²) < 4.78 is 52.2. The van der Waals surface area contributed by atoms with Crippen molar-refractivity contribution >= 4 is 27.3 Å². The molecule has 1 amide bonds. The predicted molar refractivity (Wildman–Crippen MR) is 93.0 cm³/mol. The molecule has 0 radical (unpaired) electrons. The number of carbonyl (C=O) groups is 1. The Morgan fingerprint density at radius 2 is 1.68 bits per heavy atom. The minimum atomic E-state index is -4.07. The van der Waals surface area contributed by atoms with Gasteiger partial charge in [0, 0.05) is 5.69 Å². The first-order valence-corrected chi connectivity index (χ1v) is 9.38. The highest BCUT2D eigenvalue weighted by Crippen LogP contribution is 2.25. The molecule has 0 heterocycles. The largest absolute Gasteiger partial charge is 0.324 e. The Hall–Kier alpha value is -2.48. The minimum Gasteiger partial charge on any atom is -0.324 e. The second-order valence-electron chi connectivity index (χ2n) is 5.40.